The molecule has 0 saturated heterocycles. The number of aromatic nitrogens is 2. The van der Waals surface area contributed by atoms with Gasteiger partial charge >= 0.3 is 0 Å². The molecule has 1 aromatic heterocycles. The highest BCUT2D eigenvalue weighted by atomic mass is 35.5. The van der Waals surface area contributed by atoms with E-state index in [9.17, 15) is 13.2 Å². The van der Waals surface area contributed by atoms with Crippen molar-refractivity contribution >= 4 is 44.8 Å². The second kappa shape index (κ2) is 6.72. The van der Waals surface area contributed by atoms with Crippen LogP contribution in [0.2, 0.25) is 5.02 Å². The number of anilines is 1. The lowest BCUT2D eigenvalue weighted by molar-refractivity contribution is -0.113. The number of benzene rings is 1. The Morgan fingerprint density at radius 1 is 1.45 bits per heavy atom. The minimum absolute atomic E-state index is 0.101. The van der Waals surface area contributed by atoms with Crippen molar-refractivity contribution in [2.45, 2.75) is 10.1 Å². The molecule has 0 aliphatic carbocycles. The van der Waals surface area contributed by atoms with Gasteiger partial charge in [-0.15, -0.1) is 0 Å². The lowest BCUT2D eigenvalue weighted by Crippen LogP contribution is -2.15. The van der Waals surface area contributed by atoms with E-state index in [4.69, 9.17) is 11.6 Å². The zero-order valence-electron chi connectivity index (χ0n) is 11.9. The Balaban J connectivity index is 2.07. The number of carbonyl (C=O) groups is 1. The van der Waals surface area contributed by atoms with Crippen molar-refractivity contribution in [3.63, 3.8) is 0 Å². The summed E-state index contributed by atoms with van der Waals surface area (Å²) in [7, 11) is -1.53. The quantitative estimate of drug-likeness (QED) is 0.828. The molecule has 0 fully saturated rings. The van der Waals surface area contributed by atoms with Gasteiger partial charge in [0.15, 0.2) is 15.0 Å². The minimum Gasteiger partial charge on any atom is -0.329 e. The predicted molar refractivity (Wildman–Crippen MR) is 87.1 cm³/mol. The summed E-state index contributed by atoms with van der Waals surface area (Å²) in [4.78, 5) is 16.2. The van der Waals surface area contributed by atoms with Gasteiger partial charge in [-0.2, -0.15) is 0 Å². The third-order valence-electron chi connectivity index (χ3n) is 2.75. The van der Waals surface area contributed by atoms with Crippen LogP contribution < -0.4 is 5.32 Å². The number of imidazole rings is 1. The van der Waals surface area contributed by atoms with Gasteiger partial charge in [-0.3, -0.25) is 4.79 Å². The summed E-state index contributed by atoms with van der Waals surface area (Å²) in [5.41, 5.74) is 0.273. The Labute approximate surface area is 137 Å². The molecule has 0 bridgehead atoms. The van der Waals surface area contributed by atoms with E-state index < -0.39 is 9.84 Å². The van der Waals surface area contributed by atoms with Crippen molar-refractivity contribution in [3.8, 4) is 0 Å². The molecule has 0 saturated carbocycles. The summed E-state index contributed by atoms with van der Waals surface area (Å²) in [5, 5.41) is 3.61. The number of halogens is 1. The summed E-state index contributed by atoms with van der Waals surface area (Å²) in [5.74, 6) is -0.148. The number of carbonyl (C=O) groups excluding carboxylic acids is 1. The van der Waals surface area contributed by atoms with Gasteiger partial charge in [-0.05, 0) is 18.2 Å². The van der Waals surface area contributed by atoms with Crippen LogP contribution in [-0.4, -0.2) is 35.9 Å². The average Bonchev–Trinajstić information content (AvgIpc) is 2.83. The van der Waals surface area contributed by atoms with Gasteiger partial charge in [0.05, 0.1) is 21.4 Å². The van der Waals surface area contributed by atoms with Crippen molar-refractivity contribution in [1.82, 2.24) is 9.55 Å². The summed E-state index contributed by atoms with van der Waals surface area (Å²) in [6.45, 7) is 0. The molecule has 1 aromatic carbocycles. The maximum Gasteiger partial charge on any atom is 0.234 e. The molecule has 1 N–H and O–H groups in total. The van der Waals surface area contributed by atoms with Crippen LogP contribution >= 0.6 is 23.4 Å². The zero-order chi connectivity index (χ0) is 16.3. The highest BCUT2D eigenvalue weighted by Gasteiger charge is 2.13. The topological polar surface area (TPSA) is 81.1 Å². The SMILES string of the molecule is Cn1ccnc1SCC(=O)Nc1cc(S(C)(=O)=O)ccc1Cl. The summed E-state index contributed by atoms with van der Waals surface area (Å²) < 4.78 is 24.9. The number of thioether (sulfide) groups is 1. The van der Waals surface area contributed by atoms with Gasteiger partial charge in [0.2, 0.25) is 5.91 Å². The molecule has 0 spiro atoms. The van der Waals surface area contributed by atoms with Crippen LogP contribution in [0.25, 0.3) is 0 Å². The van der Waals surface area contributed by atoms with E-state index in [-0.39, 0.29) is 27.3 Å². The number of rotatable bonds is 5. The molecule has 6 nitrogen and oxygen atoms in total. The van der Waals surface area contributed by atoms with Crippen LogP contribution in [0.1, 0.15) is 0 Å². The fourth-order valence-electron chi connectivity index (χ4n) is 1.64. The molecule has 22 heavy (non-hydrogen) atoms. The fourth-order valence-corrected chi connectivity index (χ4v) is 3.18. The first-order valence-corrected chi connectivity index (χ1v) is 9.42. The van der Waals surface area contributed by atoms with E-state index in [2.05, 4.69) is 10.3 Å². The summed E-state index contributed by atoms with van der Waals surface area (Å²) >= 11 is 7.26. The molecule has 118 valence electrons. The smallest absolute Gasteiger partial charge is 0.234 e. The van der Waals surface area contributed by atoms with E-state index >= 15 is 0 Å². The standard InChI is InChI=1S/C13H14ClN3O3S2/c1-17-6-5-15-13(17)21-8-12(18)16-11-7-9(22(2,19)20)3-4-10(11)14/h3-7H,8H2,1-2H3,(H,16,18). The van der Waals surface area contributed by atoms with Gasteiger partial charge in [-0.1, -0.05) is 23.4 Å². The number of nitrogens with one attached hydrogen (secondary N) is 1. The van der Waals surface area contributed by atoms with E-state index in [0.717, 1.165) is 6.26 Å². The monoisotopic (exact) mass is 359 g/mol. The lowest BCUT2D eigenvalue weighted by atomic mass is 10.3. The molecule has 0 atom stereocenters. The van der Waals surface area contributed by atoms with Crippen molar-refractivity contribution in [3.05, 3.63) is 35.6 Å². The first-order chi connectivity index (χ1) is 10.3. The van der Waals surface area contributed by atoms with Gasteiger partial charge in [0.25, 0.3) is 0 Å². The Morgan fingerprint density at radius 3 is 2.77 bits per heavy atom. The van der Waals surface area contributed by atoms with E-state index in [0.29, 0.717) is 5.16 Å². The number of nitrogens with zero attached hydrogens (tertiary/aromatic N) is 2. The summed E-state index contributed by atoms with van der Waals surface area (Å²) in [6.07, 6.45) is 4.53. The van der Waals surface area contributed by atoms with E-state index in [1.54, 1.807) is 17.0 Å². The fraction of sp³-hybridized carbons (Fsp3) is 0.231. The van der Waals surface area contributed by atoms with Crippen LogP contribution in [0.5, 0.6) is 0 Å². The Bertz CT molecular complexity index is 803. The van der Waals surface area contributed by atoms with Gasteiger partial charge in [0, 0.05) is 25.7 Å². The Morgan fingerprint density at radius 2 is 2.18 bits per heavy atom. The van der Waals surface area contributed by atoms with Crippen LogP contribution in [0, 0.1) is 0 Å². The molecular formula is C13H14ClN3O3S2. The van der Waals surface area contributed by atoms with Crippen LogP contribution in [0.4, 0.5) is 5.69 Å². The van der Waals surface area contributed by atoms with Crippen LogP contribution in [-0.2, 0) is 21.7 Å². The first-order valence-electron chi connectivity index (χ1n) is 6.17. The second-order valence-corrected chi connectivity index (χ2v) is 7.94. The van der Waals surface area contributed by atoms with Crippen LogP contribution in [0.3, 0.4) is 0 Å². The normalized spacial score (nSPS) is 11.4. The molecule has 0 aliphatic rings. The Kier molecular flexibility index (Phi) is 5.15. The number of sulfone groups is 1. The molecule has 2 aromatic rings. The van der Waals surface area contributed by atoms with E-state index in [1.165, 1.54) is 30.0 Å². The van der Waals surface area contributed by atoms with Gasteiger partial charge < -0.3 is 9.88 Å². The number of hydrogen-bond acceptors (Lipinski definition) is 5. The first kappa shape index (κ1) is 16.9. The second-order valence-electron chi connectivity index (χ2n) is 4.57. The Hall–Kier alpha value is -1.51. The molecule has 0 unspecified atom stereocenters. The van der Waals surface area contributed by atoms with Crippen molar-refractivity contribution in [2.24, 2.45) is 7.05 Å². The molecular weight excluding hydrogens is 346 g/mol. The third-order valence-corrected chi connectivity index (χ3v) is 5.25. The highest BCUT2D eigenvalue weighted by molar-refractivity contribution is 7.99. The summed E-state index contributed by atoms with van der Waals surface area (Å²) in [6, 6.07) is 4.19. The van der Waals surface area contributed by atoms with Gasteiger partial charge in [0.1, 0.15) is 0 Å². The zero-order valence-corrected chi connectivity index (χ0v) is 14.3. The lowest BCUT2D eigenvalue weighted by Gasteiger charge is -2.09. The van der Waals surface area contributed by atoms with Gasteiger partial charge in [-0.25, -0.2) is 13.4 Å². The molecule has 0 aliphatic heterocycles. The average molecular weight is 360 g/mol. The van der Waals surface area contributed by atoms with Crippen molar-refractivity contribution < 1.29 is 13.2 Å². The maximum atomic E-state index is 12.0. The van der Waals surface area contributed by atoms with E-state index in [1.807, 2.05) is 7.05 Å². The predicted octanol–water partition coefficient (Wildman–Crippen LogP) is 2.21. The van der Waals surface area contributed by atoms with Crippen molar-refractivity contribution in [1.29, 1.82) is 0 Å². The van der Waals surface area contributed by atoms with Crippen molar-refractivity contribution in [2.75, 3.05) is 17.3 Å². The highest BCUT2D eigenvalue weighted by Crippen LogP contribution is 2.25. The van der Waals surface area contributed by atoms with Crippen LogP contribution in [0.15, 0.2) is 40.6 Å². The molecule has 1 amide bonds. The minimum atomic E-state index is -3.36. The number of aryl methyl sites for hydroxylation is 1. The molecule has 0 radical (unpaired) electrons. The maximum absolute atomic E-state index is 12.0. The largest absolute Gasteiger partial charge is 0.329 e. The number of amides is 1. The third kappa shape index (κ3) is 4.25. The molecule has 1 heterocycles. The molecule has 9 heteroatoms. The molecule has 2 rings (SSSR count). The number of hydrogen-bond donors (Lipinski definition) is 1.